The van der Waals surface area contributed by atoms with Crippen LogP contribution in [0.2, 0.25) is 5.02 Å². The molecule has 0 aliphatic rings. The zero-order valence-electron chi connectivity index (χ0n) is 14.0. The molecular weight excluding hydrogens is 326 g/mol. The Balaban J connectivity index is 1.98. The molecule has 0 aliphatic carbocycles. The third kappa shape index (κ3) is 4.83. The van der Waals surface area contributed by atoms with Gasteiger partial charge in [-0.1, -0.05) is 17.7 Å². The highest BCUT2D eigenvalue weighted by molar-refractivity contribution is 6.31. The number of ketones is 1. The summed E-state index contributed by atoms with van der Waals surface area (Å²) in [4.78, 5) is 24.4. The van der Waals surface area contributed by atoms with Crippen LogP contribution in [0.5, 0.6) is 5.75 Å². The molecule has 0 spiro atoms. The fourth-order valence-electron chi connectivity index (χ4n) is 2.53. The van der Waals surface area contributed by atoms with Crippen LogP contribution in [0.25, 0.3) is 0 Å². The summed E-state index contributed by atoms with van der Waals surface area (Å²) < 4.78 is 5.17. The van der Waals surface area contributed by atoms with Gasteiger partial charge in [0, 0.05) is 23.6 Å². The number of nitrogens with one attached hydrogen (secondary N) is 1. The minimum absolute atomic E-state index is 0.0906. The number of benzene rings is 2. The molecule has 0 saturated carbocycles. The lowest BCUT2D eigenvalue weighted by atomic mass is 10.1. The largest absolute Gasteiger partial charge is 0.496 e. The topological polar surface area (TPSA) is 55.4 Å². The molecule has 4 nitrogen and oxygen atoms in total. The molecule has 0 aromatic heterocycles. The molecule has 5 heteroatoms. The molecule has 0 saturated heterocycles. The Morgan fingerprint density at radius 3 is 2.33 bits per heavy atom. The fraction of sp³-hybridized carbons (Fsp3) is 0.263. The Kier molecular flexibility index (Phi) is 5.99. The molecule has 2 rings (SSSR count). The van der Waals surface area contributed by atoms with Crippen molar-refractivity contribution in [1.82, 2.24) is 0 Å². The molecule has 0 unspecified atom stereocenters. The van der Waals surface area contributed by atoms with Gasteiger partial charge in [-0.05, 0) is 55.3 Å². The highest BCUT2D eigenvalue weighted by Crippen LogP contribution is 2.24. The highest BCUT2D eigenvalue weighted by atomic mass is 35.5. The molecule has 24 heavy (non-hydrogen) atoms. The van der Waals surface area contributed by atoms with Gasteiger partial charge >= 0.3 is 0 Å². The number of carbonyl (C=O) groups excluding carboxylic acids is 2. The molecule has 126 valence electrons. The quantitative estimate of drug-likeness (QED) is 0.780. The van der Waals surface area contributed by atoms with Gasteiger partial charge in [-0.2, -0.15) is 0 Å². The van der Waals surface area contributed by atoms with Gasteiger partial charge in [0.1, 0.15) is 5.75 Å². The van der Waals surface area contributed by atoms with Gasteiger partial charge in [-0.25, -0.2) is 0 Å². The number of ether oxygens (including phenoxy) is 1. The third-order valence-electron chi connectivity index (χ3n) is 3.55. The van der Waals surface area contributed by atoms with E-state index in [0.717, 1.165) is 16.8 Å². The van der Waals surface area contributed by atoms with Gasteiger partial charge in [-0.15, -0.1) is 0 Å². The lowest BCUT2D eigenvalue weighted by Crippen LogP contribution is -2.14. The van der Waals surface area contributed by atoms with E-state index in [-0.39, 0.29) is 24.5 Å². The van der Waals surface area contributed by atoms with Crippen molar-refractivity contribution < 1.29 is 14.3 Å². The summed E-state index contributed by atoms with van der Waals surface area (Å²) in [5.74, 6) is 0.0818. The van der Waals surface area contributed by atoms with Gasteiger partial charge < -0.3 is 10.1 Å². The van der Waals surface area contributed by atoms with E-state index in [2.05, 4.69) is 5.32 Å². The fourth-order valence-corrected chi connectivity index (χ4v) is 2.70. The van der Waals surface area contributed by atoms with Crippen LogP contribution in [0.1, 0.15) is 34.3 Å². The van der Waals surface area contributed by atoms with Crippen molar-refractivity contribution in [3.05, 3.63) is 58.1 Å². The van der Waals surface area contributed by atoms with Crippen molar-refractivity contribution in [2.24, 2.45) is 0 Å². The number of halogens is 1. The molecule has 1 amide bonds. The van der Waals surface area contributed by atoms with Crippen LogP contribution in [0.3, 0.4) is 0 Å². The van der Waals surface area contributed by atoms with E-state index in [1.807, 2.05) is 32.0 Å². The average molecular weight is 346 g/mol. The molecule has 2 aromatic rings. The van der Waals surface area contributed by atoms with Crippen molar-refractivity contribution in [1.29, 1.82) is 0 Å². The predicted molar refractivity (Wildman–Crippen MR) is 96.1 cm³/mol. The molecule has 0 heterocycles. The van der Waals surface area contributed by atoms with E-state index in [1.54, 1.807) is 18.2 Å². The Labute approximate surface area is 146 Å². The van der Waals surface area contributed by atoms with Crippen molar-refractivity contribution in [3.8, 4) is 5.75 Å². The summed E-state index contributed by atoms with van der Waals surface area (Å²) in [6, 6.07) is 10.7. The van der Waals surface area contributed by atoms with Gasteiger partial charge in [0.25, 0.3) is 0 Å². The Morgan fingerprint density at radius 1 is 1.04 bits per heavy atom. The normalized spacial score (nSPS) is 10.3. The maximum Gasteiger partial charge on any atom is 0.224 e. The minimum Gasteiger partial charge on any atom is -0.496 e. The minimum atomic E-state index is -0.200. The van der Waals surface area contributed by atoms with E-state index in [0.29, 0.717) is 16.3 Å². The van der Waals surface area contributed by atoms with E-state index >= 15 is 0 Å². The lowest BCUT2D eigenvalue weighted by molar-refractivity contribution is -0.116. The average Bonchev–Trinajstić information content (AvgIpc) is 2.51. The van der Waals surface area contributed by atoms with Gasteiger partial charge in [0.2, 0.25) is 5.91 Å². The monoisotopic (exact) mass is 345 g/mol. The standard InChI is InChI=1S/C19H20ClNO3/c1-12-8-13(2)10-15(9-12)21-19(23)7-5-17(22)16-11-14(20)4-6-18(16)24-3/h4,6,8-11H,5,7H2,1-3H3,(H,21,23). The van der Waals surface area contributed by atoms with Crippen LogP contribution in [-0.2, 0) is 4.79 Å². The predicted octanol–water partition coefficient (Wildman–Crippen LogP) is 4.57. The number of amides is 1. The molecule has 0 atom stereocenters. The first-order valence-corrected chi connectivity index (χ1v) is 8.01. The molecule has 0 radical (unpaired) electrons. The third-order valence-corrected chi connectivity index (χ3v) is 3.78. The summed E-state index contributed by atoms with van der Waals surface area (Å²) in [5, 5.41) is 3.28. The first-order chi connectivity index (χ1) is 11.4. The number of hydrogen-bond acceptors (Lipinski definition) is 3. The number of rotatable bonds is 6. The van der Waals surface area contributed by atoms with Crippen molar-refractivity contribution >= 4 is 29.0 Å². The molecule has 0 fully saturated rings. The first kappa shape index (κ1) is 18.0. The number of methoxy groups -OCH3 is 1. The van der Waals surface area contributed by atoms with Crippen LogP contribution in [0.15, 0.2) is 36.4 Å². The maximum absolute atomic E-state index is 12.3. The molecule has 0 bridgehead atoms. The van der Waals surface area contributed by atoms with Gasteiger partial charge in [0.15, 0.2) is 5.78 Å². The lowest BCUT2D eigenvalue weighted by Gasteiger charge is -2.09. The second-order valence-corrected chi connectivity index (χ2v) is 6.13. The molecular formula is C19H20ClNO3. The van der Waals surface area contributed by atoms with Crippen molar-refractivity contribution in [2.75, 3.05) is 12.4 Å². The summed E-state index contributed by atoms with van der Waals surface area (Å²) in [6.45, 7) is 3.94. The highest BCUT2D eigenvalue weighted by Gasteiger charge is 2.15. The maximum atomic E-state index is 12.3. The van der Waals surface area contributed by atoms with Crippen LogP contribution in [0.4, 0.5) is 5.69 Å². The molecule has 2 aromatic carbocycles. The van der Waals surface area contributed by atoms with Crippen LogP contribution >= 0.6 is 11.6 Å². The summed E-state index contributed by atoms with van der Waals surface area (Å²) in [6.07, 6.45) is 0.189. The number of anilines is 1. The number of Topliss-reactive ketones (excluding diaryl/α,β-unsaturated/α-hetero) is 1. The number of aryl methyl sites for hydroxylation is 2. The second-order valence-electron chi connectivity index (χ2n) is 5.69. The van der Waals surface area contributed by atoms with Crippen LogP contribution in [0, 0.1) is 13.8 Å². The SMILES string of the molecule is COc1ccc(Cl)cc1C(=O)CCC(=O)Nc1cc(C)cc(C)c1. The van der Waals surface area contributed by atoms with E-state index in [1.165, 1.54) is 7.11 Å². The molecule has 1 N–H and O–H groups in total. The van der Waals surface area contributed by atoms with Crippen molar-refractivity contribution in [3.63, 3.8) is 0 Å². The van der Waals surface area contributed by atoms with Crippen LogP contribution in [-0.4, -0.2) is 18.8 Å². The Morgan fingerprint density at radius 2 is 1.71 bits per heavy atom. The van der Waals surface area contributed by atoms with E-state index < -0.39 is 0 Å². The van der Waals surface area contributed by atoms with Gasteiger partial charge in [-0.3, -0.25) is 9.59 Å². The van der Waals surface area contributed by atoms with Gasteiger partial charge in [0.05, 0.1) is 12.7 Å². The smallest absolute Gasteiger partial charge is 0.224 e. The second kappa shape index (κ2) is 7.97. The van der Waals surface area contributed by atoms with E-state index in [4.69, 9.17) is 16.3 Å². The van der Waals surface area contributed by atoms with E-state index in [9.17, 15) is 9.59 Å². The number of hydrogen-bond donors (Lipinski definition) is 1. The van der Waals surface area contributed by atoms with Crippen LogP contribution < -0.4 is 10.1 Å². The Hall–Kier alpha value is -2.33. The zero-order chi connectivity index (χ0) is 17.7. The first-order valence-electron chi connectivity index (χ1n) is 7.64. The van der Waals surface area contributed by atoms with Crippen molar-refractivity contribution in [2.45, 2.75) is 26.7 Å². The summed E-state index contributed by atoms with van der Waals surface area (Å²) in [7, 11) is 1.49. The Bertz CT molecular complexity index is 751. The number of carbonyl (C=O) groups is 2. The molecule has 0 aliphatic heterocycles. The summed E-state index contributed by atoms with van der Waals surface area (Å²) in [5.41, 5.74) is 3.28. The zero-order valence-corrected chi connectivity index (χ0v) is 14.7. The summed E-state index contributed by atoms with van der Waals surface area (Å²) >= 11 is 5.93.